The van der Waals surface area contributed by atoms with E-state index in [1.807, 2.05) is 6.07 Å². The first kappa shape index (κ1) is 14.1. The van der Waals surface area contributed by atoms with Crippen LogP contribution in [0, 0.1) is 11.3 Å². The van der Waals surface area contributed by atoms with Crippen molar-refractivity contribution in [2.24, 2.45) is 0 Å². The third-order valence-corrected chi connectivity index (χ3v) is 2.41. The highest BCUT2D eigenvalue weighted by Crippen LogP contribution is 2.11. The largest absolute Gasteiger partial charge is 0.484 e. The van der Waals surface area contributed by atoms with Gasteiger partial charge in [0.15, 0.2) is 12.4 Å². The van der Waals surface area contributed by atoms with E-state index in [-0.39, 0.29) is 12.4 Å². The van der Waals surface area contributed by atoms with Crippen LogP contribution in [0.25, 0.3) is 0 Å². The first-order chi connectivity index (χ1) is 10.2. The number of nitriles is 1. The summed E-state index contributed by atoms with van der Waals surface area (Å²) in [6.07, 6.45) is 1.35. The van der Waals surface area contributed by atoms with Crippen LogP contribution in [0.1, 0.15) is 16.1 Å². The zero-order valence-corrected chi connectivity index (χ0v) is 10.8. The van der Waals surface area contributed by atoms with Gasteiger partial charge < -0.3 is 9.15 Å². The van der Waals surface area contributed by atoms with Crippen molar-refractivity contribution in [2.45, 2.75) is 0 Å². The van der Waals surface area contributed by atoms with Gasteiger partial charge in [-0.2, -0.15) is 5.26 Å². The Kier molecular flexibility index (Phi) is 4.56. The maximum Gasteiger partial charge on any atom is 0.305 e. The van der Waals surface area contributed by atoms with E-state index >= 15 is 0 Å². The van der Waals surface area contributed by atoms with Crippen LogP contribution in [0.5, 0.6) is 5.75 Å². The van der Waals surface area contributed by atoms with Gasteiger partial charge in [0.25, 0.3) is 5.91 Å². The van der Waals surface area contributed by atoms with Crippen molar-refractivity contribution in [2.75, 3.05) is 6.61 Å². The topological polar surface area (TPSA) is 104 Å². The maximum absolute atomic E-state index is 11.5. The standard InChI is InChI=1S/C14H11N3O4/c15-8-10-3-5-11(6-4-10)21-9-13(18)16-17-14(19)12-2-1-7-20-12/h1-7H,9H2,(H,16,18)(H,17,19). The van der Waals surface area contributed by atoms with Crippen molar-refractivity contribution in [3.05, 3.63) is 54.0 Å². The average Bonchev–Trinajstić information content (AvgIpc) is 3.05. The Morgan fingerprint density at radius 1 is 1.19 bits per heavy atom. The predicted molar refractivity (Wildman–Crippen MR) is 71.0 cm³/mol. The number of carbonyl (C=O) groups is 2. The maximum atomic E-state index is 11.5. The van der Waals surface area contributed by atoms with Crippen LogP contribution in [0.2, 0.25) is 0 Å². The molecule has 0 unspecified atom stereocenters. The van der Waals surface area contributed by atoms with Gasteiger partial charge in [0.1, 0.15) is 5.75 Å². The van der Waals surface area contributed by atoms with Crippen molar-refractivity contribution in [1.82, 2.24) is 10.9 Å². The zero-order chi connectivity index (χ0) is 15.1. The molecule has 1 aromatic carbocycles. The van der Waals surface area contributed by atoms with Crippen molar-refractivity contribution in [3.63, 3.8) is 0 Å². The Labute approximate surface area is 120 Å². The lowest BCUT2D eigenvalue weighted by molar-refractivity contribution is -0.123. The quantitative estimate of drug-likeness (QED) is 0.815. The number of amides is 2. The lowest BCUT2D eigenvalue weighted by Gasteiger charge is -2.07. The lowest BCUT2D eigenvalue weighted by atomic mass is 10.2. The molecule has 0 spiro atoms. The summed E-state index contributed by atoms with van der Waals surface area (Å²) < 4.78 is 10.1. The minimum Gasteiger partial charge on any atom is -0.484 e. The van der Waals surface area contributed by atoms with Gasteiger partial charge >= 0.3 is 5.91 Å². The molecule has 0 atom stereocenters. The molecule has 0 aliphatic rings. The van der Waals surface area contributed by atoms with Gasteiger partial charge in [-0.15, -0.1) is 0 Å². The van der Waals surface area contributed by atoms with Crippen LogP contribution in [0.15, 0.2) is 47.1 Å². The van der Waals surface area contributed by atoms with Crippen LogP contribution < -0.4 is 15.6 Å². The van der Waals surface area contributed by atoms with E-state index in [2.05, 4.69) is 10.9 Å². The van der Waals surface area contributed by atoms with E-state index in [1.54, 1.807) is 30.3 Å². The number of rotatable bonds is 4. The lowest BCUT2D eigenvalue weighted by Crippen LogP contribution is -2.43. The monoisotopic (exact) mass is 285 g/mol. The van der Waals surface area contributed by atoms with Crippen LogP contribution in [-0.2, 0) is 4.79 Å². The number of ether oxygens (including phenoxy) is 1. The predicted octanol–water partition coefficient (Wildman–Crippen LogP) is 0.991. The van der Waals surface area contributed by atoms with Crippen molar-refractivity contribution in [1.29, 1.82) is 5.26 Å². The SMILES string of the molecule is N#Cc1ccc(OCC(=O)NNC(=O)c2ccco2)cc1. The van der Waals surface area contributed by atoms with Gasteiger partial charge in [-0.05, 0) is 36.4 Å². The molecule has 0 fully saturated rings. The van der Waals surface area contributed by atoms with E-state index in [4.69, 9.17) is 14.4 Å². The number of hydrogen-bond donors (Lipinski definition) is 2. The molecule has 2 aromatic rings. The molecule has 7 heteroatoms. The molecule has 0 aliphatic carbocycles. The van der Waals surface area contributed by atoms with E-state index in [0.717, 1.165) is 0 Å². The normalized spacial score (nSPS) is 9.48. The number of hydrogen-bond acceptors (Lipinski definition) is 5. The molecule has 1 heterocycles. The van der Waals surface area contributed by atoms with Gasteiger partial charge in [-0.1, -0.05) is 0 Å². The number of nitrogens with zero attached hydrogens (tertiary/aromatic N) is 1. The van der Waals surface area contributed by atoms with E-state index in [1.165, 1.54) is 12.3 Å². The summed E-state index contributed by atoms with van der Waals surface area (Å²) in [6, 6.07) is 11.3. The third-order valence-electron chi connectivity index (χ3n) is 2.41. The number of nitrogens with one attached hydrogen (secondary N) is 2. The molecule has 2 rings (SSSR count). The molecule has 0 bridgehead atoms. The fraction of sp³-hybridized carbons (Fsp3) is 0.0714. The number of hydrazine groups is 1. The summed E-state index contributed by atoms with van der Waals surface area (Å²) in [4.78, 5) is 22.9. The van der Waals surface area contributed by atoms with Gasteiger partial charge in [-0.3, -0.25) is 20.4 Å². The molecule has 0 saturated heterocycles. The van der Waals surface area contributed by atoms with Gasteiger partial charge in [0.2, 0.25) is 0 Å². The molecular formula is C14H11N3O4. The van der Waals surface area contributed by atoms with Crippen molar-refractivity contribution >= 4 is 11.8 Å². The molecule has 0 aliphatic heterocycles. The first-order valence-corrected chi connectivity index (χ1v) is 5.94. The van der Waals surface area contributed by atoms with Crippen LogP contribution in [-0.4, -0.2) is 18.4 Å². The summed E-state index contributed by atoms with van der Waals surface area (Å²) in [5.41, 5.74) is 4.87. The van der Waals surface area contributed by atoms with Gasteiger partial charge in [0, 0.05) is 0 Å². The Morgan fingerprint density at radius 2 is 1.95 bits per heavy atom. The van der Waals surface area contributed by atoms with Crippen molar-refractivity contribution < 1.29 is 18.7 Å². The molecule has 2 N–H and O–H groups in total. The Morgan fingerprint density at radius 3 is 2.57 bits per heavy atom. The summed E-state index contributed by atoms with van der Waals surface area (Å²) in [7, 11) is 0. The second kappa shape index (κ2) is 6.77. The Hall–Kier alpha value is -3.27. The highest BCUT2D eigenvalue weighted by atomic mass is 16.5. The minimum absolute atomic E-state index is 0.0864. The third kappa shape index (κ3) is 4.11. The second-order valence-electron chi connectivity index (χ2n) is 3.90. The molecule has 21 heavy (non-hydrogen) atoms. The van der Waals surface area contributed by atoms with Crippen LogP contribution in [0.4, 0.5) is 0 Å². The van der Waals surface area contributed by atoms with Gasteiger partial charge in [0.05, 0.1) is 17.9 Å². The molecule has 0 radical (unpaired) electrons. The van der Waals surface area contributed by atoms with Crippen LogP contribution in [0.3, 0.4) is 0 Å². The molecule has 7 nitrogen and oxygen atoms in total. The highest BCUT2D eigenvalue weighted by Gasteiger charge is 2.09. The molecule has 1 aromatic heterocycles. The van der Waals surface area contributed by atoms with Crippen LogP contribution >= 0.6 is 0 Å². The minimum atomic E-state index is -0.563. The number of furan rings is 1. The molecular weight excluding hydrogens is 274 g/mol. The molecule has 0 saturated carbocycles. The van der Waals surface area contributed by atoms with E-state index in [0.29, 0.717) is 11.3 Å². The van der Waals surface area contributed by atoms with E-state index in [9.17, 15) is 9.59 Å². The highest BCUT2D eigenvalue weighted by molar-refractivity contribution is 5.92. The molecule has 106 valence electrons. The number of carbonyl (C=O) groups excluding carboxylic acids is 2. The van der Waals surface area contributed by atoms with Crippen molar-refractivity contribution in [3.8, 4) is 11.8 Å². The van der Waals surface area contributed by atoms with Gasteiger partial charge in [-0.25, -0.2) is 0 Å². The van der Waals surface area contributed by atoms with E-state index < -0.39 is 11.8 Å². The second-order valence-corrected chi connectivity index (χ2v) is 3.90. The first-order valence-electron chi connectivity index (χ1n) is 5.94. The summed E-state index contributed by atoms with van der Waals surface area (Å²) in [5.74, 6) is -0.559. The average molecular weight is 285 g/mol. The fourth-order valence-electron chi connectivity index (χ4n) is 1.41. The fourth-order valence-corrected chi connectivity index (χ4v) is 1.41. The Balaban J connectivity index is 1.74. The number of benzene rings is 1. The summed E-state index contributed by atoms with van der Waals surface area (Å²) in [5, 5.41) is 8.64. The Bertz CT molecular complexity index is 657. The summed E-state index contributed by atoms with van der Waals surface area (Å²) >= 11 is 0. The molecule has 2 amide bonds. The smallest absolute Gasteiger partial charge is 0.305 e. The zero-order valence-electron chi connectivity index (χ0n) is 10.8. The summed E-state index contributed by atoms with van der Waals surface area (Å²) in [6.45, 7) is -0.273.